The molecule has 0 N–H and O–H groups in total. The second-order valence-electron chi connectivity index (χ2n) is 5.55. The molecule has 3 nitrogen and oxygen atoms in total. The summed E-state index contributed by atoms with van der Waals surface area (Å²) in [5, 5.41) is 8.83. The van der Waals surface area contributed by atoms with Crippen molar-refractivity contribution in [3.05, 3.63) is 11.1 Å². The SMILES string of the molecule is Clc1nnc(C2CC2)n1CCC1CCCCC1. The van der Waals surface area contributed by atoms with Gasteiger partial charge in [-0.2, -0.15) is 0 Å². The van der Waals surface area contributed by atoms with Crippen LogP contribution in [-0.2, 0) is 6.54 Å². The summed E-state index contributed by atoms with van der Waals surface area (Å²) < 4.78 is 2.15. The number of nitrogens with zero attached hydrogens (tertiary/aromatic N) is 3. The number of halogens is 1. The molecular weight excluding hydrogens is 234 g/mol. The highest BCUT2D eigenvalue weighted by molar-refractivity contribution is 6.28. The quantitative estimate of drug-likeness (QED) is 0.818. The average Bonchev–Trinajstić information content (AvgIpc) is 3.13. The third kappa shape index (κ3) is 2.65. The molecule has 0 amide bonds. The first-order valence-corrected chi connectivity index (χ1v) is 7.31. The number of rotatable bonds is 4. The fourth-order valence-electron chi connectivity index (χ4n) is 2.93. The van der Waals surface area contributed by atoms with Gasteiger partial charge in [-0.25, -0.2) is 0 Å². The van der Waals surface area contributed by atoms with Crippen LogP contribution in [-0.4, -0.2) is 14.8 Å². The molecule has 0 radical (unpaired) electrons. The first-order valence-electron chi connectivity index (χ1n) is 6.93. The van der Waals surface area contributed by atoms with Crippen molar-refractivity contribution in [3.63, 3.8) is 0 Å². The van der Waals surface area contributed by atoms with Crippen molar-refractivity contribution < 1.29 is 0 Å². The summed E-state index contributed by atoms with van der Waals surface area (Å²) in [6, 6.07) is 0. The van der Waals surface area contributed by atoms with Crippen LogP contribution in [0.25, 0.3) is 0 Å². The van der Waals surface area contributed by atoms with Gasteiger partial charge in [-0.15, -0.1) is 10.2 Å². The lowest BCUT2D eigenvalue weighted by Crippen LogP contribution is -2.11. The van der Waals surface area contributed by atoms with Gasteiger partial charge in [0.25, 0.3) is 0 Å². The van der Waals surface area contributed by atoms with E-state index in [2.05, 4.69) is 14.8 Å². The fraction of sp³-hybridized carbons (Fsp3) is 0.846. The van der Waals surface area contributed by atoms with Crippen molar-refractivity contribution in [1.82, 2.24) is 14.8 Å². The van der Waals surface area contributed by atoms with Gasteiger partial charge in [-0.05, 0) is 36.8 Å². The molecule has 1 aromatic rings. The van der Waals surface area contributed by atoms with Gasteiger partial charge in [0.05, 0.1) is 0 Å². The topological polar surface area (TPSA) is 30.7 Å². The van der Waals surface area contributed by atoms with E-state index >= 15 is 0 Å². The Kier molecular flexibility index (Phi) is 3.37. The van der Waals surface area contributed by atoms with E-state index in [4.69, 9.17) is 11.6 Å². The minimum Gasteiger partial charge on any atom is -0.302 e. The van der Waals surface area contributed by atoms with Crippen molar-refractivity contribution in [2.75, 3.05) is 0 Å². The Bertz CT molecular complexity index is 378. The van der Waals surface area contributed by atoms with Crippen molar-refractivity contribution in [2.24, 2.45) is 5.92 Å². The van der Waals surface area contributed by atoms with Gasteiger partial charge in [0.15, 0.2) is 0 Å². The van der Waals surface area contributed by atoms with E-state index in [9.17, 15) is 0 Å². The Hall–Kier alpha value is -0.570. The van der Waals surface area contributed by atoms with Gasteiger partial charge in [0.2, 0.25) is 5.28 Å². The van der Waals surface area contributed by atoms with Gasteiger partial charge in [0, 0.05) is 12.5 Å². The van der Waals surface area contributed by atoms with E-state index in [1.807, 2.05) is 0 Å². The molecule has 1 aromatic heterocycles. The number of hydrogen-bond donors (Lipinski definition) is 0. The zero-order valence-electron chi connectivity index (χ0n) is 10.2. The van der Waals surface area contributed by atoms with Crippen LogP contribution in [0, 0.1) is 5.92 Å². The van der Waals surface area contributed by atoms with Crippen LogP contribution in [0.5, 0.6) is 0 Å². The summed E-state index contributed by atoms with van der Waals surface area (Å²) in [7, 11) is 0. The lowest BCUT2D eigenvalue weighted by molar-refractivity contribution is 0.322. The van der Waals surface area contributed by atoms with E-state index in [1.165, 1.54) is 51.4 Å². The molecule has 0 saturated heterocycles. The summed E-state index contributed by atoms with van der Waals surface area (Å²) in [5.74, 6) is 2.67. The Morgan fingerprint density at radius 1 is 1.06 bits per heavy atom. The maximum Gasteiger partial charge on any atom is 0.225 e. The Morgan fingerprint density at radius 3 is 2.53 bits per heavy atom. The maximum absolute atomic E-state index is 6.12. The highest BCUT2D eigenvalue weighted by Crippen LogP contribution is 2.40. The summed E-state index contributed by atoms with van der Waals surface area (Å²) in [5.41, 5.74) is 0. The molecule has 2 aliphatic rings. The van der Waals surface area contributed by atoms with Gasteiger partial charge in [0.1, 0.15) is 5.82 Å². The predicted molar refractivity (Wildman–Crippen MR) is 68.2 cm³/mol. The van der Waals surface area contributed by atoms with Crippen LogP contribution < -0.4 is 0 Å². The van der Waals surface area contributed by atoms with E-state index in [0.717, 1.165) is 18.3 Å². The largest absolute Gasteiger partial charge is 0.302 e. The van der Waals surface area contributed by atoms with Crippen LogP contribution in [0.3, 0.4) is 0 Å². The standard InChI is InChI=1S/C13H20ClN3/c14-13-16-15-12(11-6-7-11)17(13)9-8-10-4-2-1-3-5-10/h10-11H,1-9H2. The first kappa shape index (κ1) is 11.5. The van der Waals surface area contributed by atoms with Crippen molar-refractivity contribution in [3.8, 4) is 0 Å². The van der Waals surface area contributed by atoms with Crippen LogP contribution in [0.2, 0.25) is 5.28 Å². The van der Waals surface area contributed by atoms with Crippen LogP contribution >= 0.6 is 11.6 Å². The fourth-order valence-corrected chi connectivity index (χ4v) is 3.14. The van der Waals surface area contributed by atoms with Gasteiger partial charge >= 0.3 is 0 Å². The molecule has 2 saturated carbocycles. The number of aromatic nitrogens is 3. The normalized spacial score (nSPS) is 21.9. The summed E-state index contributed by atoms with van der Waals surface area (Å²) >= 11 is 6.12. The molecule has 0 atom stereocenters. The third-order valence-corrected chi connectivity index (χ3v) is 4.44. The molecule has 94 valence electrons. The van der Waals surface area contributed by atoms with E-state index in [-0.39, 0.29) is 0 Å². The molecule has 2 aliphatic carbocycles. The van der Waals surface area contributed by atoms with Crippen LogP contribution in [0.4, 0.5) is 0 Å². The highest BCUT2D eigenvalue weighted by atomic mass is 35.5. The van der Waals surface area contributed by atoms with E-state index in [1.54, 1.807) is 0 Å². The zero-order chi connectivity index (χ0) is 11.7. The second kappa shape index (κ2) is 4.97. The summed E-state index contributed by atoms with van der Waals surface area (Å²) in [6.45, 7) is 1.02. The number of hydrogen-bond acceptors (Lipinski definition) is 2. The average molecular weight is 254 g/mol. The monoisotopic (exact) mass is 253 g/mol. The molecule has 1 heterocycles. The van der Waals surface area contributed by atoms with Crippen molar-refractivity contribution in [1.29, 1.82) is 0 Å². The van der Waals surface area contributed by atoms with Crippen molar-refractivity contribution >= 4 is 11.6 Å². The lowest BCUT2D eigenvalue weighted by Gasteiger charge is -2.21. The minimum absolute atomic E-state index is 0.586. The molecular formula is C13H20ClN3. The predicted octanol–water partition coefficient (Wildman–Crippen LogP) is 3.78. The molecule has 0 aliphatic heterocycles. The Morgan fingerprint density at radius 2 is 1.82 bits per heavy atom. The maximum atomic E-state index is 6.12. The minimum atomic E-state index is 0.586. The van der Waals surface area contributed by atoms with Gasteiger partial charge in [-0.3, -0.25) is 0 Å². The Balaban J connectivity index is 1.61. The molecule has 0 spiro atoms. The molecule has 4 heteroatoms. The molecule has 0 unspecified atom stereocenters. The van der Waals surface area contributed by atoms with E-state index in [0.29, 0.717) is 11.2 Å². The van der Waals surface area contributed by atoms with Gasteiger partial charge in [-0.1, -0.05) is 32.1 Å². The smallest absolute Gasteiger partial charge is 0.225 e. The zero-order valence-corrected chi connectivity index (χ0v) is 11.0. The van der Waals surface area contributed by atoms with Crippen LogP contribution in [0.15, 0.2) is 0 Å². The highest BCUT2D eigenvalue weighted by Gasteiger charge is 2.30. The first-order chi connectivity index (χ1) is 8.34. The molecule has 0 aromatic carbocycles. The molecule has 2 fully saturated rings. The summed E-state index contributed by atoms with van der Waals surface area (Å²) in [4.78, 5) is 0. The second-order valence-corrected chi connectivity index (χ2v) is 5.88. The van der Waals surface area contributed by atoms with E-state index < -0.39 is 0 Å². The molecule has 3 rings (SSSR count). The van der Waals surface area contributed by atoms with Crippen LogP contribution in [0.1, 0.15) is 63.1 Å². The van der Waals surface area contributed by atoms with Crippen molar-refractivity contribution in [2.45, 2.75) is 63.8 Å². The third-order valence-electron chi connectivity index (χ3n) is 4.16. The molecule has 17 heavy (non-hydrogen) atoms. The Labute approximate surface area is 108 Å². The van der Waals surface area contributed by atoms with Gasteiger partial charge < -0.3 is 4.57 Å². The molecule has 0 bridgehead atoms. The summed E-state index contributed by atoms with van der Waals surface area (Å²) in [6.07, 6.45) is 10.8. The lowest BCUT2D eigenvalue weighted by atomic mass is 9.87.